The second kappa shape index (κ2) is 6.71. The monoisotopic (exact) mass is 316 g/mol. The van der Waals surface area contributed by atoms with Crippen molar-refractivity contribution < 1.29 is 14.3 Å². The highest BCUT2D eigenvalue weighted by molar-refractivity contribution is 6.22. The molecule has 2 fully saturated rings. The van der Waals surface area contributed by atoms with E-state index in [9.17, 15) is 9.59 Å². The van der Waals surface area contributed by atoms with Crippen LogP contribution in [0.4, 0.5) is 5.69 Å². The minimum Gasteiger partial charge on any atom is -0.494 e. The Bertz CT molecular complexity index is 576. The zero-order valence-electron chi connectivity index (χ0n) is 13.8. The van der Waals surface area contributed by atoms with Crippen LogP contribution in [0.15, 0.2) is 24.3 Å². The van der Waals surface area contributed by atoms with E-state index < -0.39 is 0 Å². The molecule has 0 N–H and O–H groups in total. The van der Waals surface area contributed by atoms with Crippen LogP contribution in [0.25, 0.3) is 0 Å². The molecule has 0 aliphatic carbocycles. The van der Waals surface area contributed by atoms with E-state index >= 15 is 0 Å². The quantitative estimate of drug-likeness (QED) is 0.801. The van der Waals surface area contributed by atoms with Gasteiger partial charge in [0.2, 0.25) is 5.91 Å². The van der Waals surface area contributed by atoms with Crippen LogP contribution in [0.5, 0.6) is 5.75 Å². The smallest absolute Gasteiger partial charge is 0.251 e. The fourth-order valence-corrected chi connectivity index (χ4v) is 3.37. The average molecular weight is 316 g/mol. The van der Waals surface area contributed by atoms with Gasteiger partial charge in [-0.3, -0.25) is 14.5 Å². The summed E-state index contributed by atoms with van der Waals surface area (Å²) in [5.41, 5.74) is 0.635. The number of carbonyl (C=O) groups is 2. The van der Waals surface area contributed by atoms with Crippen LogP contribution in [-0.2, 0) is 9.59 Å². The van der Waals surface area contributed by atoms with Gasteiger partial charge in [0.05, 0.1) is 24.8 Å². The van der Waals surface area contributed by atoms with Crippen LogP contribution in [0.3, 0.4) is 0 Å². The van der Waals surface area contributed by atoms with Crippen molar-refractivity contribution in [2.45, 2.75) is 39.2 Å². The molecular formula is C18H24N2O3. The normalized spacial score (nSPS) is 23.6. The molecule has 1 aromatic carbocycles. The lowest BCUT2D eigenvalue weighted by Crippen LogP contribution is -2.45. The molecule has 5 nitrogen and oxygen atoms in total. The van der Waals surface area contributed by atoms with Gasteiger partial charge in [0.25, 0.3) is 5.91 Å². The first-order valence-corrected chi connectivity index (χ1v) is 8.44. The number of piperidine rings is 1. The zero-order chi connectivity index (χ0) is 16.4. The SMILES string of the molecule is CCOc1ccc(N2C(=O)C[C@H](N3CCC(C)CC3)C2=O)cc1. The van der Waals surface area contributed by atoms with Crippen molar-refractivity contribution in [1.82, 2.24) is 4.90 Å². The molecule has 2 saturated heterocycles. The lowest BCUT2D eigenvalue weighted by molar-refractivity contribution is -0.123. The third-order valence-electron chi connectivity index (χ3n) is 4.79. The molecule has 0 radical (unpaired) electrons. The van der Waals surface area contributed by atoms with Gasteiger partial charge in [-0.05, 0) is 63.0 Å². The van der Waals surface area contributed by atoms with Crippen LogP contribution < -0.4 is 9.64 Å². The highest BCUT2D eigenvalue weighted by Crippen LogP contribution is 2.29. The Hall–Kier alpha value is -1.88. The number of hydrogen-bond acceptors (Lipinski definition) is 4. The standard InChI is InChI=1S/C18H24N2O3/c1-3-23-15-6-4-14(5-7-15)20-17(21)12-16(18(20)22)19-10-8-13(2)9-11-19/h4-7,13,16H,3,8-12H2,1-2H3/t16-/m0/s1. The van der Waals surface area contributed by atoms with E-state index in [2.05, 4.69) is 11.8 Å². The molecule has 0 unspecified atom stereocenters. The number of ether oxygens (including phenoxy) is 1. The Kier molecular flexibility index (Phi) is 4.66. The second-order valence-electron chi connectivity index (χ2n) is 6.43. The first-order valence-electron chi connectivity index (χ1n) is 8.44. The topological polar surface area (TPSA) is 49.9 Å². The summed E-state index contributed by atoms with van der Waals surface area (Å²) in [5.74, 6) is 1.26. The molecular weight excluding hydrogens is 292 g/mol. The molecule has 2 heterocycles. The Morgan fingerprint density at radius 2 is 1.78 bits per heavy atom. The maximum absolute atomic E-state index is 12.7. The molecule has 3 rings (SSSR count). The van der Waals surface area contributed by atoms with Gasteiger partial charge in [-0.15, -0.1) is 0 Å². The summed E-state index contributed by atoms with van der Waals surface area (Å²) in [5, 5.41) is 0. The van der Waals surface area contributed by atoms with Crippen LogP contribution in [0, 0.1) is 5.92 Å². The third-order valence-corrected chi connectivity index (χ3v) is 4.79. The number of amides is 2. The number of imide groups is 1. The molecule has 0 saturated carbocycles. The van der Waals surface area contributed by atoms with Crippen LogP contribution >= 0.6 is 0 Å². The van der Waals surface area contributed by atoms with E-state index in [1.807, 2.05) is 6.92 Å². The minimum absolute atomic E-state index is 0.0892. The van der Waals surface area contributed by atoms with E-state index in [0.29, 0.717) is 24.6 Å². The number of anilines is 1. The lowest BCUT2D eigenvalue weighted by atomic mass is 9.97. The van der Waals surface area contributed by atoms with Gasteiger partial charge < -0.3 is 4.74 Å². The largest absolute Gasteiger partial charge is 0.494 e. The molecule has 0 bridgehead atoms. The first-order chi connectivity index (χ1) is 11.1. The highest BCUT2D eigenvalue weighted by atomic mass is 16.5. The number of benzene rings is 1. The summed E-state index contributed by atoms with van der Waals surface area (Å²) >= 11 is 0. The zero-order valence-corrected chi connectivity index (χ0v) is 13.8. The van der Waals surface area contributed by atoms with E-state index in [-0.39, 0.29) is 17.9 Å². The molecule has 2 aliphatic heterocycles. The molecule has 5 heteroatoms. The van der Waals surface area contributed by atoms with Crippen LogP contribution in [-0.4, -0.2) is 42.5 Å². The van der Waals surface area contributed by atoms with Gasteiger partial charge in [0, 0.05) is 0 Å². The second-order valence-corrected chi connectivity index (χ2v) is 6.43. The molecule has 1 atom stereocenters. The van der Waals surface area contributed by atoms with E-state index in [4.69, 9.17) is 4.74 Å². The lowest BCUT2D eigenvalue weighted by Gasteiger charge is -2.33. The van der Waals surface area contributed by atoms with Gasteiger partial charge in [-0.2, -0.15) is 0 Å². The molecule has 0 spiro atoms. The van der Waals surface area contributed by atoms with Crippen molar-refractivity contribution >= 4 is 17.5 Å². The Balaban J connectivity index is 1.73. The summed E-state index contributed by atoms with van der Waals surface area (Å²) in [7, 11) is 0. The summed E-state index contributed by atoms with van der Waals surface area (Å²) in [6.45, 7) is 6.57. The minimum atomic E-state index is -0.290. The first kappa shape index (κ1) is 16.0. The number of nitrogens with zero attached hydrogens (tertiary/aromatic N) is 2. The Morgan fingerprint density at radius 3 is 2.39 bits per heavy atom. The van der Waals surface area contributed by atoms with Crippen LogP contribution in [0.2, 0.25) is 0 Å². The molecule has 1 aromatic rings. The molecule has 2 aliphatic rings. The van der Waals surface area contributed by atoms with E-state index in [1.54, 1.807) is 24.3 Å². The van der Waals surface area contributed by atoms with Crippen molar-refractivity contribution in [3.05, 3.63) is 24.3 Å². The molecule has 2 amide bonds. The third kappa shape index (κ3) is 3.24. The molecule has 0 aromatic heterocycles. The number of hydrogen-bond donors (Lipinski definition) is 0. The predicted octanol–water partition coefficient (Wildman–Crippen LogP) is 2.45. The van der Waals surface area contributed by atoms with Crippen molar-refractivity contribution in [3.63, 3.8) is 0 Å². The summed E-state index contributed by atoms with van der Waals surface area (Å²) < 4.78 is 5.41. The van der Waals surface area contributed by atoms with Gasteiger partial charge >= 0.3 is 0 Å². The van der Waals surface area contributed by atoms with E-state index in [0.717, 1.165) is 31.7 Å². The average Bonchev–Trinajstić information content (AvgIpc) is 2.84. The van der Waals surface area contributed by atoms with Gasteiger partial charge in [-0.1, -0.05) is 6.92 Å². The maximum atomic E-state index is 12.7. The summed E-state index contributed by atoms with van der Waals surface area (Å²) in [6.07, 6.45) is 2.49. The molecule has 124 valence electrons. The van der Waals surface area contributed by atoms with Crippen molar-refractivity contribution in [1.29, 1.82) is 0 Å². The van der Waals surface area contributed by atoms with E-state index in [1.165, 1.54) is 4.90 Å². The predicted molar refractivity (Wildman–Crippen MR) is 88.5 cm³/mol. The maximum Gasteiger partial charge on any atom is 0.251 e. The fraction of sp³-hybridized carbons (Fsp3) is 0.556. The number of carbonyl (C=O) groups excluding carboxylic acids is 2. The van der Waals surface area contributed by atoms with Crippen molar-refractivity contribution in [3.8, 4) is 5.75 Å². The fourth-order valence-electron chi connectivity index (χ4n) is 3.37. The van der Waals surface area contributed by atoms with Crippen LogP contribution in [0.1, 0.15) is 33.1 Å². The Morgan fingerprint density at radius 1 is 1.13 bits per heavy atom. The molecule has 23 heavy (non-hydrogen) atoms. The number of rotatable bonds is 4. The van der Waals surface area contributed by atoms with Crippen molar-refractivity contribution in [2.24, 2.45) is 5.92 Å². The van der Waals surface area contributed by atoms with Crippen molar-refractivity contribution in [2.75, 3.05) is 24.6 Å². The van der Waals surface area contributed by atoms with Gasteiger partial charge in [-0.25, -0.2) is 4.90 Å². The highest BCUT2D eigenvalue weighted by Gasteiger charge is 2.43. The summed E-state index contributed by atoms with van der Waals surface area (Å²) in [6, 6.07) is 6.87. The van der Waals surface area contributed by atoms with Gasteiger partial charge in [0.15, 0.2) is 0 Å². The van der Waals surface area contributed by atoms with Gasteiger partial charge in [0.1, 0.15) is 5.75 Å². The number of likely N-dealkylation sites (tertiary alicyclic amines) is 1. The summed E-state index contributed by atoms with van der Waals surface area (Å²) in [4.78, 5) is 28.6. The Labute approximate surface area is 137 Å².